The highest BCUT2D eigenvalue weighted by Gasteiger charge is 2.04. The van der Waals surface area contributed by atoms with Gasteiger partial charge in [0.2, 0.25) is 0 Å². The van der Waals surface area contributed by atoms with E-state index in [4.69, 9.17) is 5.73 Å². The third kappa shape index (κ3) is 4.78. The van der Waals surface area contributed by atoms with E-state index >= 15 is 0 Å². The van der Waals surface area contributed by atoms with E-state index in [1.807, 2.05) is 6.92 Å². The largest absolute Gasteiger partial charge is 0.369 e. The molecule has 0 radical (unpaired) electrons. The van der Waals surface area contributed by atoms with Gasteiger partial charge in [-0.2, -0.15) is 0 Å². The molecule has 1 aromatic rings. The first kappa shape index (κ1) is 13.4. The summed E-state index contributed by atoms with van der Waals surface area (Å²) in [5.41, 5.74) is 5.95. The van der Waals surface area contributed by atoms with Crippen molar-refractivity contribution in [2.45, 2.75) is 25.8 Å². The summed E-state index contributed by atoms with van der Waals surface area (Å²) in [6.07, 6.45) is 1.95. The molecule has 6 nitrogen and oxygen atoms in total. The molecule has 0 aromatic carbocycles. The van der Waals surface area contributed by atoms with Crippen molar-refractivity contribution in [3.8, 4) is 0 Å². The highest BCUT2D eigenvalue weighted by atomic mass is 16.1. The Kier molecular flexibility index (Phi) is 5.35. The monoisotopic (exact) mass is 237 g/mol. The number of aromatic nitrogens is 2. The van der Waals surface area contributed by atoms with Gasteiger partial charge >= 0.3 is 0 Å². The van der Waals surface area contributed by atoms with Gasteiger partial charge in [-0.15, -0.1) is 10.2 Å². The maximum Gasteiger partial charge on any atom is 0.271 e. The highest BCUT2D eigenvalue weighted by molar-refractivity contribution is 5.91. The van der Waals surface area contributed by atoms with Crippen molar-refractivity contribution >= 4 is 11.7 Å². The van der Waals surface area contributed by atoms with Crippen molar-refractivity contribution in [3.05, 3.63) is 17.8 Å². The zero-order valence-corrected chi connectivity index (χ0v) is 10.2. The lowest BCUT2D eigenvalue weighted by Crippen LogP contribution is -2.20. The van der Waals surface area contributed by atoms with Crippen molar-refractivity contribution in [2.75, 3.05) is 18.9 Å². The topological polar surface area (TPSA) is 92.9 Å². The second-order valence-electron chi connectivity index (χ2n) is 3.93. The van der Waals surface area contributed by atoms with Gasteiger partial charge in [0.25, 0.3) is 5.91 Å². The van der Waals surface area contributed by atoms with Gasteiger partial charge in [0, 0.05) is 19.6 Å². The SMILES string of the molecule is CNC(=O)c1ccc(NCCCC(C)N)nn1. The summed E-state index contributed by atoms with van der Waals surface area (Å²) in [6.45, 7) is 2.79. The third-order valence-corrected chi connectivity index (χ3v) is 2.27. The fraction of sp³-hybridized carbons (Fsp3) is 0.545. The van der Waals surface area contributed by atoms with Crippen LogP contribution >= 0.6 is 0 Å². The van der Waals surface area contributed by atoms with Gasteiger partial charge in [0.15, 0.2) is 5.69 Å². The van der Waals surface area contributed by atoms with Crippen LogP contribution in [-0.4, -0.2) is 35.7 Å². The molecule has 1 heterocycles. The number of hydrogen-bond acceptors (Lipinski definition) is 5. The summed E-state index contributed by atoms with van der Waals surface area (Å²) in [5.74, 6) is 0.434. The second kappa shape index (κ2) is 6.80. The van der Waals surface area contributed by atoms with Crippen LogP contribution in [0.25, 0.3) is 0 Å². The normalized spacial score (nSPS) is 11.9. The minimum Gasteiger partial charge on any atom is -0.369 e. The fourth-order valence-electron chi connectivity index (χ4n) is 1.32. The molecule has 0 aliphatic rings. The zero-order valence-electron chi connectivity index (χ0n) is 10.2. The summed E-state index contributed by atoms with van der Waals surface area (Å²) in [7, 11) is 1.56. The molecule has 1 atom stereocenters. The molecule has 0 spiro atoms. The van der Waals surface area contributed by atoms with E-state index in [1.165, 1.54) is 0 Å². The van der Waals surface area contributed by atoms with Crippen LogP contribution in [0, 0.1) is 0 Å². The van der Waals surface area contributed by atoms with Gasteiger partial charge in [-0.3, -0.25) is 4.79 Å². The van der Waals surface area contributed by atoms with Crippen molar-refractivity contribution < 1.29 is 4.79 Å². The Morgan fingerprint density at radius 2 is 2.24 bits per heavy atom. The molecular formula is C11H19N5O. The van der Waals surface area contributed by atoms with E-state index in [0.717, 1.165) is 19.4 Å². The average Bonchev–Trinajstić information content (AvgIpc) is 2.34. The van der Waals surface area contributed by atoms with Crippen molar-refractivity contribution in [2.24, 2.45) is 5.73 Å². The third-order valence-electron chi connectivity index (χ3n) is 2.27. The summed E-state index contributed by atoms with van der Waals surface area (Å²) in [5, 5.41) is 13.3. The molecular weight excluding hydrogens is 218 g/mol. The van der Waals surface area contributed by atoms with E-state index in [2.05, 4.69) is 20.8 Å². The Hall–Kier alpha value is -1.69. The first-order chi connectivity index (χ1) is 8.13. The van der Waals surface area contributed by atoms with Crippen LogP contribution < -0.4 is 16.4 Å². The van der Waals surface area contributed by atoms with Crippen LogP contribution in [0.5, 0.6) is 0 Å². The highest BCUT2D eigenvalue weighted by Crippen LogP contribution is 2.03. The van der Waals surface area contributed by atoms with Gasteiger partial charge < -0.3 is 16.4 Å². The van der Waals surface area contributed by atoms with E-state index in [0.29, 0.717) is 11.5 Å². The molecule has 1 amide bonds. The van der Waals surface area contributed by atoms with Gasteiger partial charge in [0.05, 0.1) is 0 Å². The molecule has 17 heavy (non-hydrogen) atoms. The van der Waals surface area contributed by atoms with E-state index in [9.17, 15) is 4.79 Å². The molecule has 0 fully saturated rings. The predicted octanol–water partition coefficient (Wildman–Crippen LogP) is 0.375. The van der Waals surface area contributed by atoms with Crippen LogP contribution in [0.15, 0.2) is 12.1 Å². The lowest BCUT2D eigenvalue weighted by molar-refractivity contribution is 0.0957. The van der Waals surface area contributed by atoms with Crippen molar-refractivity contribution in [1.82, 2.24) is 15.5 Å². The molecule has 1 aromatic heterocycles. The first-order valence-electron chi connectivity index (χ1n) is 5.68. The smallest absolute Gasteiger partial charge is 0.271 e. The van der Waals surface area contributed by atoms with Crippen LogP contribution in [0.2, 0.25) is 0 Å². The van der Waals surface area contributed by atoms with E-state index in [-0.39, 0.29) is 11.9 Å². The number of amides is 1. The number of nitrogens with zero attached hydrogens (tertiary/aromatic N) is 2. The molecule has 0 saturated heterocycles. The number of hydrogen-bond donors (Lipinski definition) is 3. The van der Waals surface area contributed by atoms with E-state index < -0.39 is 0 Å². The molecule has 0 aliphatic carbocycles. The Morgan fingerprint density at radius 3 is 2.76 bits per heavy atom. The fourth-order valence-corrected chi connectivity index (χ4v) is 1.32. The molecule has 1 unspecified atom stereocenters. The summed E-state index contributed by atoms with van der Waals surface area (Å²) in [4.78, 5) is 11.2. The zero-order chi connectivity index (χ0) is 12.7. The maximum absolute atomic E-state index is 11.2. The lowest BCUT2D eigenvalue weighted by Gasteiger charge is -2.07. The summed E-state index contributed by atoms with van der Waals surface area (Å²) < 4.78 is 0. The molecule has 6 heteroatoms. The Morgan fingerprint density at radius 1 is 1.47 bits per heavy atom. The average molecular weight is 237 g/mol. The van der Waals surface area contributed by atoms with Gasteiger partial charge in [-0.1, -0.05) is 0 Å². The standard InChI is InChI=1S/C11H19N5O/c1-8(12)4-3-7-14-10-6-5-9(15-16-10)11(17)13-2/h5-6,8H,3-4,7,12H2,1-2H3,(H,13,17)(H,14,16). The van der Waals surface area contributed by atoms with Crippen molar-refractivity contribution in [1.29, 1.82) is 0 Å². The Labute approximate surface area is 101 Å². The number of nitrogens with one attached hydrogen (secondary N) is 2. The molecule has 0 bridgehead atoms. The summed E-state index contributed by atoms with van der Waals surface area (Å²) >= 11 is 0. The molecule has 4 N–H and O–H groups in total. The van der Waals surface area contributed by atoms with Crippen LogP contribution in [0.3, 0.4) is 0 Å². The maximum atomic E-state index is 11.2. The lowest BCUT2D eigenvalue weighted by atomic mass is 10.2. The van der Waals surface area contributed by atoms with Gasteiger partial charge in [0.1, 0.15) is 5.82 Å². The summed E-state index contributed by atoms with van der Waals surface area (Å²) in [6, 6.07) is 3.60. The Bertz CT molecular complexity index is 349. The second-order valence-corrected chi connectivity index (χ2v) is 3.93. The minimum absolute atomic E-state index is 0.221. The molecule has 0 aliphatic heterocycles. The molecule has 0 saturated carbocycles. The Balaban J connectivity index is 2.38. The predicted molar refractivity (Wildman–Crippen MR) is 66.8 cm³/mol. The van der Waals surface area contributed by atoms with Crippen LogP contribution in [0.1, 0.15) is 30.3 Å². The minimum atomic E-state index is -0.235. The number of carbonyl (C=O) groups excluding carboxylic acids is 1. The molecule has 1 rings (SSSR count). The van der Waals surface area contributed by atoms with E-state index in [1.54, 1.807) is 19.2 Å². The number of anilines is 1. The number of nitrogens with two attached hydrogens (primary N) is 1. The van der Waals surface area contributed by atoms with Gasteiger partial charge in [-0.25, -0.2) is 0 Å². The van der Waals surface area contributed by atoms with Crippen LogP contribution in [-0.2, 0) is 0 Å². The van der Waals surface area contributed by atoms with Gasteiger partial charge in [-0.05, 0) is 31.9 Å². The number of rotatable bonds is 6. The molecule has 94 valence electrons. The van der Waals surface area contributed by atoms with Crippen molar-refractivity contribution in [3.63, 3.8) is 0 Å². The van der Waals surface area contributed by atoms with Crippen LogP contribution in [0.4, 0.5) is 5.82 Å². The number of carbonyl (C=O) groups is 1. The first-order valence-corrected chi connectivity index (χ1v) is 5.68. The quantitative estimate of drug-likeness (QED) is 0.622.